The minimum absolute atomic E-state index is 0.832. The van der Waals surface area contributed by atoms with Gasteiger partial charge in [-0.3, -0.25) is 0 Å². The lowest BCUT2D eigenvalue weighted by Gasteiger charge is -2.47. The molecular weight excluding hydrogens is 100 g/mol. The molecule has 3 rings (SSSR count). The maximum atomic E-state index is 3.47. The smallest absolute Gasteiger partial charge is 0.0213 e. The largest absolute Gasteiger partial charge is 0.309 e. The fourth-order valence-corrected chi connectivity index (χ4v) is 1.73. The highest BCUT2D eigenvalue weighted by molar-refractivity contribution is 4.96. The summed E-state index contributed by atoms with van der Waals surface area (Å²) in [7, 11) is 2.19. The van der Waals surface area contributed by atoms with Gasteiger partial charge in [0.15, 0.2) is 0 Å². The van der Waals surface area contributed by atoms with Gasteiger partial charge in [-0.05, 0) is 13.5 Å². The van der Waals surface area contributed by atoms with Gasteiger partial charge >= 0.3 is 0 Å². The lowest BCUT2D eigenvalue weighted by atomic mass is 9.92. The molecule has 3 saturated heterocycles. The molecule has 2 nitrogen and oxygen atoms in total. The molecule has 2 bridgehead atoms. The van der Waals surface area contributed by atoms with Gasteiger partial charge in [0.25, 0.3) is 0 Å². The van der Waals surface area contributed by atoms with E-state index in [2.05, 4.69) is 17.3 Å². The van der Waals surface area contributed by atoms with Gasteiger partial charge < -0.3 is 10.2 Å². The molecule has 3 fully saturated rings. The molecule has 0 aromatic rings. The van der Waals surface area contributed by atoms with Gasteiger partial charge in [-0.1, -0.05) is 0 Å². The molecule has 0 aromatic heterocycles. The van der Waals surface area contributed by atoms with Crippen LogP contribution in [0.5, 0.6) is 0 Å². The van der Waals surface area contributed by atoms with Gasteiger partial charge in [-0.25, -0.2) is 0 Å². The minimum atomic E-state index is 0.832. The van der Waals surface area contributed by atoms with Crippen molar-refractivity contribution < 1.29 is 0 Å². The second-order valence-corrected chi connectivity index (χ2v) is 3.02. The summed E-state index contributed by atoms with van der Waals surface area (Å²) in [5.74, 6) is 0. The van der Waals surface area contributed by atoms with E-state index in [1.165, 1.54) is 19.5 Å². The van der Waals surface area contributed by atoms with Crippen LogP contribution in [0.2, 0.25) is 0 Å². The zero-order valence-electron chi connectivity index (χ0n) is 5.22. The predicted octanol–water partition coefficient (Wildman–Crippen LogP) is -0.338. The Hall–Kier alpha value is -0.0800. The Morgan fingerprint density at radius 2 is 1.88 bits per heavy atom. The summed E-state index contributed by atoms with van der Waals surface area (Å²) in [6.07, 6.45) is 1.42. The highest BCUT2D eigenvalue weighted by Crippen LogP contribution is 2.18. The molecule has 2 atom stereocenters. The predicted molar refractivity (Wildman–Crippen MR) is 32.8 cm³/mol. The van der Waals surface area contributed by atoms with Crippen LogP contribution in [0.15, 0.2) is 0 Å². The summed E-state index contributed by atoms with van der Waals surface area (Å²) in [6.45, 7) is 2.52. The van der Waals surface area contributed by atoms with Crippen molar-refractivity contribution in [1.82, 2.24) is 10.2 Å². The van der Waals surface area contributed by atoms with Crippen molar-refractivity contribution in [3.05, 3.63) is 0 Å². The van der Waals surface area contributed by atoms with Crippen LogP contribution in [0, 0.1) is 0 Å². The SMILES string of the molecule is CN1C[C@H]2C[C@H](C1)N2. The molecule has 3 heterocycles. The lowest BCUT2D eigenvalue weighted by molar-refractivity contribution is 0.0984. The summed E-state index contributed by atoms with van der Waals surface area (Å²) >= 11 is 0. The highest BCUT2D eigenvalue weighted by atomic mass is 15.2. The minimum Gasteiger partial charge on any atom is -0.309 e. The van der Waals surface area contributed by atoms with Crippen LogP contribution in [-0.4, -0.2) is 37.1 Å². The second-order valence-electron chi connectivity index (χ2n) is 3.02. The number of likely N-dealkylation sites (N-methyl/N-ethyl adjacent to an activating group) is 1. The number of fused-ring (bicyclic) bond motifs is 2. The number of hydrogen-bond acceptors (Lipinski definition) is 2. The Kier molecular flexibility index (Phi) is 0.866. The molecule has 0 spiro atoms. The van der Waals surface area contributed by atoms with Crippen molar-refractivity contribution in [3.63, 3.8) is 0 Å². The quantitative estimate of drug-likeness (QED) is 0.461. The fourth-order valence-electron chi connectivity index (χ4n) is 1.73. The number of piperidine rings is 1. The Bertz CT molecular complexity index is 86.7. The van der Waals surface area contributed by atoms with E-state index in [0.29, 0.717) is 0 Å². The molecule has 2 heteroatoms. The van der Waals surface area contributed by atoms with Gasteiger partial charge in [0.05, 0.1) is 0 Å². The van der Waals surface area contributed by atoms with E-state index in [9.17, 15) is 0 Å². The van der Waals surface area contributed by atoms with Crippen LogP contribution in [0.25, 0.3) is 0 Å². The number of nitrogens with zero attached hydrogens (tertiary/aromatic N) is 1. The lowest BCUT2D eigenvalue weighted by Crippen LogP contribution is -2.65. The van der Waals surface area contributed by atoms with Crippen molar-refractivity contribution in [3.8, 4) is 0 Å². The number of rotatable bonds is 0. The molecule has 0 aromatic carbocycles. The molecule has 1 N–H and O–H groups in total. The molecule has 3 aliphatic rings. The summed E-state index contributed by atoms with van der Waals surface area (Å²) in [4.78, 5) is 2.40. The molecule has 0 saturated carbocycles. The molecule has 8 heavy (non-hydrogen) atoms. The third kappa shape index (κ3) is 0.565. The average Bonchev–Trinajstić information content (AvgIpc) is 1.62. The van der Waals surface area contributed by atoms with Crippen LogP contribution in [0.1, 0.15) is 6.42 Å². The third-order valence-electron chi connectivity index (χ3n) is 2.10. The van der Waals surface area contributed by atoms with E-state index in [1.807, 2.05) is 0 Å². The Balaban J connectivity index is 1.97. The molecular formula is C6H12N2. The van der Waals surface area contributed by atoms with Crippen molar-refractivity contribution in [2.75, 3.05) is 20.1 Å². The van der Waals surface area contributed by atoms with Crippen molar-refractivity contribution in [2.24, 2.45) is 0 Å². The van der Waals surface area contributed by atoms with Crippen LogP contribution in [0.4, 0.5) is 0 Å². The van der Waals surface area contributed by atoms with Crippen LogP contribution >= 0.6 is 0 Å². The first-order valence-electron chi connectivity index (χ1n) is 3.29. The summed E-state index contributed by atoms with van der Waals surface area (Å²) in [6, 6.07) is 1.66. The molecule has 0 amide bonds. The zero-order chi connectivity index (χ0) is 5.56. The fraction of sp³-hybridized carbons (Fsp3) is 1.00. The Labute approximate surface area is 49.9 Å². The normalized spacial score (nSPS) is 46.1. The number of piperazine rings is 1. The van der Waals surface area contributed by atoms with Crippen molar-refractivity contribution >= 4 is 0 Å². The molecule has 0 unspecified atom stereocenters. The monoisotopic (exact) mass is 112 g/mol. The van der Waals surface area contributed by atoms with E-state index in [0.717, 1.165) is 12.1 Å². The van der Waals surface area contributed by atoms with Crippen LogP contribution in [-0.2, 0) is 0 Å². The van der Waals surface area contributed by atoms with Gasteiger partial charge in [0.2, 0.25) is 0 Å². The molecule has 0 radical (unpaired) electrons. The molecule has 0 aliphatic carbocycles. The Morgan fingerprint density at radius 3 is 2.12 bits per heavy atom. The maximum absolute atomic E-state index is 3.47. The first-order valence-corrected chi connectivity index (χ1v) is 3.29. The summed E-state index contributed by atoms with van der Waals surface area (Å²) in [5, 5.41) is 3.47. The van der Waals surface area contributed by atoms with Gasteiger partial charge in [-0.2, -0.15) is 0 Å². The number of hydrogen-bond donors (Lipinski definition) is 1. The van der Waals surface area contributed by atoms with Crippen molar-refractivity contribution in [1.29, 1.82) is 0 Å². The van der Waals surface area contributed by atoms with Crippen LogP contribution < -0.4 is 5.32 Å². The standard InChI is InChI=1S/C6H12N2/c1-8-3-5-2-6(4-8)7-5/h5-7H,2-4H2,1H3/t5-,6-/m1/s1. The zero-order valence-corrected chi connectivity index (χ0v) is 5.22. The second kappa shape index (κ2) is 1.45. The highest BCUT2D eigenvalue weighted by Gasteiger charge is 2.34. The van der Waals surface area contributed by atoms with E-state index < -0.39 is 0 Å². The van der Waals surface area contributed by atoms with Gasteiger partial charge in [0.1, 0.15) is 0 Å². The number of nitrogens with one attached hydrogen (secondary N) is 1. The third-order valence-corrected chi connectivity index (χ3v) is 2.10. The van der Waals surface area contributed by atoms with Crippen molar-refractivity contribution in [2.45, 2.75) is 18.5 Å². The summed E-state index contributed by atoms with van der Waals surface area (Å²) < 4.78 is 0. The molecule has 3 aliphatic heterocycles. The average molecular weight is 112 g/mol. The van der Waals surface area contributed by atoms with E-state index in [4.69, 9.17) is 0 Å². The summed E-state index contributed by atoms with van der Waals surface area (Å²) in [5.41, 5.74) is 0. The van der Waals surface area contributed by atoms with E-state index in [-0.39, 0.29) is 0 Å². The van der Waals surface area contributed by atoms with E-state index >= 15 is 0 Å². The molecule has 46 valence electrons. The van der Waals surface area contributed by atoms with E-state index in [1.54, 1.807) is 0 Å². The van der Waals surface area contributed by atoms with Gasteiger partial charge in [0, 0.05) is 25.2 Å². The topological polar surface area (TPSA) is 15.3 Å². The first kappa shape index (κ1) is 4.77. The maximum Gasteiger partial charge on any atom is 0.0213 e. The van der Waals surface area contributed by atoms with Gasteiger partial charge in [-0.15, -0.1) is 0 Å². The first-order chi connectivity index (χ1) is 3.84. The Morgan fingerprint density at radius 1 is 1.38 bits per heavy atom. The van der Waals surface area contributed by atoms with Crippen LogP contribution in [0.3, 0.4) is 0 Å².